The van der Waals surface area contributed by atoms with E-state index in [1.807, 2.05) is 6.07 Å². The van der Waals surface area contributed by atoms with Crippen LogP contribution in [0.4, 0.5) is 14.5 Å². The third-order valence-corrected chi connectivity index (χ3v) is 4.02. The zero-order valence-corrected chi connectivity index (χ0v) is 14.6. The van der Waals surface area contributed by atoms with Crippen molar-refractivity contribution in [1.82, 2.24) is 5.32 Å². The Bertz CT molecular complexity index is 902. The molecule has 8 nitrogen and oxygen atoms in total. The Morgan fingerprint density at radius 2 is 2.04 bits per heavy atom. The molecular formula is C17H15F2N3O5. The minimum absolute atomic E-state index is 0.0283. The maximum atomic E-state index is 12.8. The highest BCUT2D eigenvalue weighted by atomic mass is 19.3. The van der Waals surface area contributed by atoms with Crippen molar-refractivity contribution in [3.05, 3.63) is 56.4 Å². The van der Waals surface area contributed by atoms with Crippen LogP contribution in [0.1, 0.15) is 25.3 Å². The van der Waals surface area contributed by atoms with E-state index in [1.54, 1.807) is 13.8 Å². The highest BCUT2D eigenvalue weighted by Gasteiger charge is 2.37. The summed E-state index contributed by atoms with van der Waals surface area (Å²) in [5.41, 5.74) is 0.198. The summed E-state index contributed by atoms with van der Waals surface area (Å²) in [7, 11) is 1.13. The predicted molar refractivity (Wildman–Crippen MR) is 88.6 cm³/mol. The summed E-state index contributed by atoms with van der Waals surface area (Å²) in [6, 6.07) is 4.94. The highest BCUT2D eigenvalue weighted by Crippen LogP contribution is 2.43. The molecule has 1 N–H and O–H groups in total. The van der Waals surface area contributed by atoms with E-state index >= 15 is 0 Å². The predicted octanol–water partition coefficient (Wildman–Crippen LogP) is 3.13. The fraction of sp³-hybridized carbons (Fsp3) is 0.294. The van der Waals surface area contributed by atoms with Crippen molar-refractivity contribution in [2.24, 2.45) is 0 Å². The molecule has 1 unspecified atom stereocenters. The normalized spacial score (nSPS) is 16.7. The molecule has 142 valence electrons. The monoisotopic (exact) mass is 379 g/mol. The minimum atomic E-state index is -3.20. The number of methoxy groups -OCH3 is 1. The number of halogens is 2. The van der Waals surface area contributed by atoms with Gasteiger partial charge in [-0.2, -0.15) is 14.0 Å². The lowest BCUT2D eigenvalue weighted by Crippen LogP contribution is -2.28. The van der Waals surface area contributed by atoms with Crippen LogP contribution in [0, 0.1) is 21.4 Å². The van der Waals surface area contributed by atoms with Gasteiger partial charge in [0.2, 0.25) is 0 Å². The van der Waals surface area contributed by atoms with Gasteiger partial charge in [-0.3, -0.25) is 10.1 Å². The number of hydrogen-bond donors (Lipinski definition) is 1. The summed E-state index contributed by atoms with van der Waals surface area (Å²) in [6.45, 7) is -0.0927. The molecule has 10 heteroatoms. The number of esters is 1. The summed E-state index contributed by atoms with van der Waals surface area (Å²) in [5, 5.41) is 23.6. The number of nitro groups is 1. The molecule has 0 bridgehead atoms. The topological polar surface area (TPSA) is 114 Å². The number of nitrogens with one attached hydrogen (secondary N) is 1. The minimum Gasteiger partial charge on any atom is -0.466 e. The lowest BCUT2D eigenvalue weighted by molar-refractivity contribution is -0.385. The van der Waals surface area contributed by atoms with Crippen molar-refractivity contribution in [2.75, 3.05) is 7.11 Å². The zero-order valence-electron chi connectivity index (χ0n) is 14.6. The van der Waals surface area contributed by atoms with Gasteiger partial charge in [0.05, 0.1) is 35.2 Å². The fourth-order valence-electron chi connectivity index (χ4n) is 2.91. The molecule has 1 aromatic rings. The van der Waals surface area contributed by atoms with Crippen molar-refractivity contribution in [1.29, 1.82) is 5.26 Å². The number of carbonyl (C=O) groups excluding carboxylic acids is 1. The third-order valence-electron chi connectivity index (χ3n) is 4.02. The average Bonchev–Trinajstić information content (AvgIpc) is 2.60. The smallest absolute Gasteiger partial charge is 0.387 e. The van der Waals surface area contributed by atoms with Crippen LogP contribution in [0.5, 0.6) is 5.75 Å². The summed E-state index contributed by atoms with van der Waals surface area (Å²) < 4.78 is 34.9. The first kappa shape index (κ1) is 19.8. The number of rotatable bonds is 5. The van der Waals surface area contributed by atoms with E-state index in [0.717, 1.165) is 25.3 Å². The number of ether oxygens (including phenoxy) is 2. The van der Waals surface area contributed by atoms with Crippen LogP contribution in [0.2, 0.25) is 0 Å². The van der Waals surface area contributed by atoms with E-state index in [1.165, 1.54) is 0 Å². The zero-order chi connectivity index (χ0) is 20.3. The second-order valence-corrected chi connectivity index (χ2v) is 5.60. The first-order chi connectivity index (χ1) is 12.7. The van der Waals surface area contributed by atoms with E-state index in [-0.39, 0.29) is 22.5 Å². The van der Waals surface area contributed by atoms with Crippen molar-refractivity contribution in [3.63, 3.8) is 0 Å². The number of carbonyl (C=O) groups is 1. The number of nitrogens with zero attached hydrogens (tertiary/aromatic N) is 2. The number of nitriles is 1. The maximum absolute atomic E-state index is 12.8. The first-order valence-electron chi connectivity index (χ1n) is 7.61. The molecule has 0 aliphatic carbocycles. The van der Waals surface area contributed by atoms with Gasteiger partial charge in [-0.25, -0.2) is 4.79 Å². The molecule has 0 spiro atoms. The summed E-state index contributed by atoms with van der Waals surface area (Å²) >= 11 is 0. The van der Waals surface area contributed by atoms with E-state index < -0.39 is 29.1 Å². The van der Waals surface area contributed by atoms with E-state index in [9.17, 15) is 29.0 Å². The molecule has 0 fully saturated rings. The lowest BCUT2D eigenvalue weighted by Gasteiger charge is -2.29. The van der Waals surface area contributed by atoms with Crippen LogP contribution in [-0.4, -0.2) is 24.6 Å². The molecule has 0 saturated heterocycles. The van der Waals surface area contributed by atoms with E-state index in [0.29, 0.717) is 11.4 Å². The van der Waals surface area contributed by atoms with E-state index in [4.69, 9.17) is 4.74 Å². The molecule has 27 heavy (non-hydrogen) atoms. The Balaban J connectivity index is 2.81. The molecule has 1 aromatic carbocycles. The van der Waals surface area contributed by atoms with E-state index in [2.05, 4.69) is 10.1 Å². The Morgan fingerprint density at radius 3 is 2.56 bits per heavy atom. The molecule has 1 aliphatic rings. The third kappa shape index (κ3) is 3.87. The average molecular weight is 379 g/mol. The Hall–Kier alpha value is -3.48. The molecular weight excluding hydrogens is 364 g/mol. The largest absolute Gasteiger partial charge is 0.466 e. The number of allylic oxidation sites excluding steroid dienone is 3. The molecule has 1 aliphatic heterocycles. The van der Waals surface area contributed by atoms with Gasteiger partial charge >= 0.3 is 12.6 Å². The fourth-order valence-corrected chi connectivity index (χ4v) is 2.91. The number of alkyl halides is 2. The van der Waals surface area contributed by atoms with Crippen molar-refractivity contribution < 1.29 is 28.0 Å². The summed E-state index contributed by atoms with van der Waals surface area (Å²) in [5.74, 6) is -2.35. The number of nitro benzene ring substituents is 1. The van der Waals surface area contributed by atoms with Crippen molar-refractivity contribution >= 4 is 11.7 Å². The van der Waals surface area contributed by atoms with Crippen LogP contribution in [0.25, 0.3) is 0 Å². The van der Waals surface area contributed by atoms with Crippen molar-refractivity contribution in [3.8, 4) is 11.8 Å². The number of dihydropyridines is 1. The molecule has 1 atom stereocenters. The number of hydrogen-bond acceptors (Lipinski definition) is 7. The van der Waals surface area contributed by atoms with Crippen LogP contribution in [-0.2, 0) is 9.53 Å². The second kappa shape index (κ2) is 7.82. The first-order valence-corrected chi connectivity index (χ1v) is 7.61. The molecule has 0 saturated carbocycles. The van der Waals surface area contributed by atoms with Gasteiger partial charge in [-0.1, -0.05) is 0 Å². The standard InChI is InChI=1S/C17H15F2N3O5/c1-8-12(7-20)15(14(9(2)21-8)16(23)26-3)11-6-10(22(24)25)4-5-13(11)27-17(18)19/h4-6,15,17,21H,1-3H3. The molecule has 0 radical (unpaired) electrons. The lowest BCUT2D eigenvalue weighted by atomic mass is 9.80. The van der Waals surface area contributed by atoms with Crippen LogP contribution >= 0.6 is 0 Å². The van der Waals surface area contributed by atoms with Gasteiger partial charge < -0.3 is 14.8 Å². The summed E-state index contributed by atoms with van der Waals surface area (Å²) in [4.78, 5) is 22.7. The maximum Gasteiger partial charge on any atom is 0.387 e. The SMILES string of the molecule is COC(=O)C1=C(C)NC(C)=C(C#N)C1c1cc([N+](=O)[O-])ccc1OC(F)F. The molecule has 2 rings (SSSR count). The quantitative estimate of drug-likeness (QED) is 0.475. The van der Waals surface area contributed by atoms with Gasteiger partial charge in [-0.05, 0) is 19.9 Å². The van der Waals surface area contributed by atoms with Crippen LogP contribution < -0.4 is 10.1 Å². The van der Waals surface area contributed by atoms with Gasteiger partial charge in [0.25, 0.3) is 5.69 Å². The second-order valence-electron chi connectivity index (χ2n) is 5.60. The van der Waals surface area contributed by atoms with Gasteiger partial charge in [-0.15, -0.1) is 0 Å². The van der Waals surface area contributed by atoms with Gasteiger partial charge in [0, 0.05) is 29.1 Å². The van der Waals surface area contributed by atoms with Crippen molar-refractivity contribution in [2.45, 2.75) is 26.4 Å². The molecule has 0 aromatic heterocycles. The van der Waals surface area contributed by atoms with Crippen LogP contribution in [0.3, 0.4) is 0 Å². The Labute approximate surface area is 152 Å². The Morgan fingerprint density at radius 1 is 1.37 bits per heavy atom. The highest BCUT2D eigenvalue weighted by molar-refractivity contribution is 5.93. The molecule has 0 amide bonds. The Kier molecular flexibility index (Phi) is 5.75. The number of non-ortho nitro benzene ring substituents is 1. The van der Waals surface area contributed by atoms with Gasteiger partial charge in [0.1, 0.15) is 5.75 Å². The van der Waals surface area contributed by atoms with Gasteiger partial charge in [0.15, 0.2) is 0 Å². The number of benzene rings is 1. The van der Waals surface area contributed by atoms with Crippen LogP contribution in [0.15, 0.2) is 40.7 Å². The molecule has 1 heterocycles. The summed E-state index contributed by atoms with van der Waals surface area (Å²) in [6.07, 6.45) is 0.